The first-order valence-corrected chi connectivity index (χ1v) is 7.12. The van der Waals surface area contributed by atoms with E-state index in [-0.39, 0.29) is 17.2 Å². The number of pyridine rings is 1. The van der Waals surface area contributed by atoms with Crippen LogP contribution >= 0.6 is 15.9 Å². The van der Waals surface area contributed by atoms with E-state index in [0.717, 1.165) is 15.8 Å². The molecule has 2 heterocycles. The molecule has 5 nitrogen and oxygen atoms in total. The van der Waals surface area contributed by atoms with Crippen LogP contribution in [0.4, 0.5) is 0 Å². The Balaban J connectivity index is 1.74. The minimum absolute atomic E-state index is 0.0503. The number of imidazole rings is 1. The minimum atomic E-state index is -0.342. The van der Waals surface area contributed by atoms with Gasteiger partial charge in [-0.15, -0.1) is 0 Å². The molecule has 106 valence electrons. The summed E-state index contributed by atoms with van der Waals surface area (Å²) in [5.41, 5.74) is 1.81. The first kappa shape index (κ1) is 13.6. The highest BCUT2D eigenvalue weighted by Crippen LogP contribution is 2.21. The van der Waals surface area contributed by atoms with Crippen LogP contribution in [0.1, 0.15) is 16.1 Å². The molecule has 0 unspecified atom stereocenters. The number of phenols is 1. The van der Waals surface area contributed by atoms with Crippen molar-refractivity contribution in [2.75, 3.05) is 0 Å². The number of benzene rings is 1. The molecule has 21 heavy (non-hydrogen) atoms. The van der Waals surface area contributed by atoms with Gasteiger partial charge in [-0.25, -0.2) is 4.98 Å². The molecule has 0 atom stereocenters. The Kier molecular flexibility index (Phi) is 3.62. The molecule has 0 aliphatic rings. The fraction of sp³-hybridized carbons (Fsp3) is 0.0667. The zero-order valence-electron chi connectivity index (χ0n) is 11.0. The van der Waals surface area contributed by atoms with Crippen LogP contribution in [0.2, 0.25) is 0 Å². The lowest BCUT2D eigenvalue weighted by molar-refractivity contribution is 0.0947. The van der Waals surface area contributed by atoms with Crippen molar-refractivity contribution in [1.29, 1.82) is 0 Å². The highest BCUT2D eigenvalue weighted by atomic mass is 79.9. The van der Waals surface area contributed by atoms with Crippen molar-refractivity contribution >= 4 is 27.5 Å². The number of hydrogen-bond donors (Lipinski definition) is 2. The van der Waals surface area contributed by atoms with E-state index in [1.165, 1.54) is 6.07 Å². The van der Waals surface area contributed by atoms with Crippen LogP contribution in [0.3, 0.4) is 0 Å². The molecule has 0 saturated carbocycles. The fourth-order valence-electron chi connectivity index (χ4n) is 2.03. The Morgan fingerprint density at radius 2 is 2.19 bits per heavy atom. The number of nitrogens with zero attached hydrogens (tertiary/aromatic N) is 2. The number of carbonyl (C=O) groups excluding carboxylic acids is 1. The van der Waals surface area contributed by atoms with Gasteiger partial charge in [-0.05, 0) is 30.3 Å². The summed E-state index contributed by atoms with van der Waals surface area (Å²) in [6.45, 7) is 0.298. The lowest BCUT2D eigenvalue weighted by atomic mass is 10.2. The smallest absolute Gasteiger partial charge is 0.255 e. The van der Waals surface area contributed by atoms with Crippen LogP contribution in [0.25, 0.3) is 5.65 Å². The average Bonchev–Trinajstić information content (AvgIpc) is 2.90. The van der Waals surface area contributed by atoms with Gasteiger partial charge in [-0.3, -0.25) is 4.79 Å². The van der Waals surface area contributed by atoms with Gasteiger partial charge in [0.2, 0.25) is 0 Å². The van der Waals surface area contributed by atoms with Gasteiger partial charge in [-0.1, -0.05) is 22.0 Å². The average molecular weight is 346 g/mol. The summed E-state index contributed by atoms with van der Waals surface area (Å²) in [6.07, 6.45) is 3.75. The van der Waals surface area contributed by atoms with E-state index in [9.17, 15) is 9.90 Å². The quantitative estimate of drug-likeness (QED) is 0.766. The van der Waals surface area contributed by atoms with Crippen LogP contribution in [0.5, 0.6) is 5.75 Å². The number of nitrogens with one attached hydrogen (secondary N) is 1. The van der Waals surface area contributed by atoms with Crippen LogP contribution in [-0.4, -0.2) is 20.4 Å². The number of aromatic hydroxyl groups is 1. The molecule has 3 rings (SSSR count). The molecule has 0 aliphatic heterocycles. The standard InChI is InChI=1S/C15H12BrN3O2/c16-10-4-5-13(20)12(7-10)15(21)17-8-11-9-19-6-2-1-3-14(19)18-11/h1-7,9,20H,8H2,(H,17,21). The van der Waals surface area contributed by atoms with Crippen molar-refractivity contribution < 1.29 is 9.90 Å². The van der Waals surface area contributed by atoms with E-state index < -0.39 is 0 Å². The van der Waals surface area contributed by atoms with E-state index in [2.05, 4.69) is 26.2 Å². The Labute approximate surface area is 129 Å². The van der Waals surface area contributed by atoms with Crippen molar-refractivity contribution in [2.24, 2.45) is 0 Å². The van der Waals surface area contributed by atoms with E-state index in [0.29, 0.717) is 6.54 Å². The van der Waals surface area contributed by atoms with Gasteiger partial charge in [0, 0.05) is 16.9 Å². The topological polar surface area (TPSA) is 66.6 Å². The molecule has 0 saturated heterocycles. The highest BCUT2D eigenvalue weighted by Gasteiger charge is 2.12. The molecule has 3 aromatic rings. The summed E-state index contributed by atoms with van der Waals surface area (Å²) in [7, 11) is 0. The van der Waals surface area contributed by atoms with Gasteiger partial charge in [0.05, 0.1) is 17.8 Å². The molecular formula is C15H12BrN3O2. The summed E-state index contributed by atoms with van der Waals surface area (Å²) in [5, 5.41) is 12.5. The third-order valence-corrected chi connectivity index (χ3v) is 3.54. The second-order valence-electron chi connectivity index (χ2n) is 4.54. The summed E-state index contributed by atoms with van der Waals surface area (Å²) >= 11 is 3.28. The predicted octanol–water partition coefficient (Wildman–Crippen LogP) is 2.73. The molecule has 6 heteroatoms. The minimum Gasteiger partial charge on any atom is -0.507 e. The van der Waals surface area contributed by atoms with Crippen molar-refractivity contribution in [1.82, 2.24) is 14.7 Å². The second kappa shape index (κ2) is 5.57. The van der Waals surface area contributed by atoms with Gasteiger partial charge in [0.1, 0.15) is 11.4 Å². The number of aromatic nitrogens is 2. The van der Waals surface area contributed by atoms with Crippen LogP contribution < -0.4 is 5.32 Å². The monoisotopic (exact) mass is 345 g/mol. The summed E-state index contributed by atoms with van der Waals surface area (Å²) < 4.78 is 2.62. The van der Waals surface area contributed by atoms with Crippen molar-refractivity contribution in [3.8, 4) is 5.75 Å². The number of hydrogen-bond acceptors (Lipinski definition) is 3. The SMILES string of the molecule is O=C(NCc1cn2ccccc2n1)c1cc(Br)ccc1O. The second-order valence-corrected chi connectivity index (χ2v) is 5.46. The number of rotatable bonds is 3. The van der Waals surface area contributed by atoms with Crippen LogP contribution in [0.15, 0.2) is 53.3 Å². The van der Waals surface area contributed by atoms with Gasteiger partial charge in [0.25, 0.3) is 5.91 Å². The first-order chi connectivity index (χ1) is 10.1. The molecule has 0 radical (unpaired) electrons. The van der Waals surface area contributed by atoms with Gasteiger partial charge < -0.3 is 14.8 Å². The Hall–Kier alpha value is -2.34. The lowest BCUT2D eigenvalue weighted by Gasteiger charge is -2.05. The maximum atomic E-state index is 12.1. The predicted molar refractivity (Wildman–Crippen MR) is 82.2 cm³/mol. The van der Waals surface area contributed by atoms with Crippen molar-refractivity contribution in [3.05, 3.63) is 64.5 Å². The molecule has 0 bridgehead atoms. The van der Waals surface area contributed by atoms with E-state index in [1.54, 1.807) is 12.1 Å². The van der Waals surface area contributed by atoms with E-state index >= 15 is 0 Å². The Morgan fingerprint density at radius 1 is 1.33 bits per heavy atom. The maximum absolute atomic E-state index is 12.1. The van der Waals surface area contributed by atoms with Gasteiger partial charge >= 0.3 is 0 Å². The number of carbonyl (C=O) groups is 1. The molecule has 0 fully saturated rings. The number of phenolic OH excluding ortho intramolecular Hbond substituents is 1. The third-order valence-electron chi connectivity index (χ3n) is 3.05. The molecule has 0 spiro atoms. The van der Waals surface area contributed by atoms with Crippen molar-refractivity contribution in [3.63, 3.8) is 0 Å². The molecule has 2 aromatic heterocycles. The normalized spacial score (nSPS) is 10.7. The molecule has 1 aromatic carbocycles. The fourth-order valence-corrected chi connectivity index (χ4v) is 2.39. The molecule has 1 amide bonds. The first-order valence-electron chi connectivity index (χ1n) is 6.33. The van der Waals surface area contributed by atoms with Gasteiger partial charge in [-0.2, -0.15) is 0 Å². The maximum Gasteiger partial charge on any atom is 0.255 e. The Bertz CT molecular complexity index is 781. The summed E-state index contributed by atoms with van der Waals surface area (Å²) in [6, 6.07) is 10.4. The largest absolute Gasteiger partial charge is 0.507 e. The van der Waals surface area contributed by atoms with Crippen LogP contribution in [-0.2, 0) is 6.54 Å². The van der Waals surface area contributed by atoms with E-state index in [4.69, 9.17) is 0 Å². The van der Waals surface area contributed by atoms with Gasteiger partial charge in [0.15, 0.2) is 0 Å². The lowest BCUT2D eigenvalue weighted by Crippen LogP contribution is -2.23. The number of halogens is 1. The molecule has 0 aliphatic carbocycles. The third kappa shape index (κ3) is 2.90. The van der Waals surface area contributed by atoms with Crippen LogP contribution in [0, 0.1) is 0 Å². The number of amides is 1. The van der Waals surface area contributed by atoms with Crippen molar-refractivity contribution in [2.45, 2.75) is 6.54 Å². The Morgan fingerprint density at radius 3 is 3.00 bits per heavy atom. The summed E-state index contributed by atoms with van der Waals surface area (Å²) in [4.78, 5) is 16.5. The van der Waals surface area contributed by atoms with E-state index in [1.807, 2.05) is 35.0 Å². The number of fused-ring (bicyclic) bond motifs is 1. The highest BCUT2D eigenvalue weighted by molar-refractivity contribution is 9.10. The molecular weight excluding hydrogens is 334 g/mol. The molecule has 2 N–H and O–H groups in total. The zero-order valence-corrected chi connectivity index (χ0v) is 12.5. The summed E-state index contributed by atoms with van der Waals surface area (Å²) in [5.74, 6) is -0.392. The zero-order chi connectivity index (χ0) is 14.8.